The van der Waals surface area contributed by atoms with E-state index in [1.54, 1.807) is 11.8 Å². The zero-order valence-electron chi connectivity index (χ0n) is 10.1. The van der Waals surface area contributed by atoms with E-state index in [2.05, 4.69) is 6.92 Å². The van der Waals surface area contributed by atoms with Crippen LogP contribution in [0.1, 0.15) is 58.3 Å². The lowest BCUT2D eigenvalue weighted by Gasteiger charge is -2.37. The fourth-order valence-corrected chi connectivity index (χ4v) is 4.72. The summed E-state index contributed by atoms with van der Waals surface area (Å²) in [5.41, 5.74) is 0. The van der Waals surface area contributed by atoms with Crippen LogP contribution in [-0.2, 0) is 4.79 Å². The Labute approximate surface area is 102 Å². The molecular weight excluding hydrogens is 220 g/mol. The molecule has 16 heavy (non-hydrogen) atoms. The molecular formula is C13H22O2S. The standard InChI is InChI=1S/C13H22O2S/c1-10-6-8-13(9-7-10,12(14)15)16-11-4-2-3-5-11/h10-11H,2-9H2,1H3,(H,14,15). The van der Waals surface area contributed by atoms with Crippen molar-refractivity contribution in [1.82, 2.24) is 0 Å². The molecule has 2 rings (SSSR count). The number of hydrogen-bond donors (Lipinski definition) is 1. The predicted molar refractivity (Wildman–Crippen MR) is 67.8 cm³/mol. The molecule has 2 aliphatic rings. The largest absolute Gasteiger partial charge is 0.480 e. The molecule has 2 saturated carbocycles. The number of carboxylic acid groups (broad SMARTS) is 1. The van der Waals surface area contributed by atoms with Crippen LogP contribution in [0.15, 0.2) is 0 Å². The van der Waals surface area contributed by atoms with Crippen molar-refractivity contribution in [3.05, 3.63) is 0 Å². The summed E-state index contributed by atoms with van der Waals surface area (Å²) in [6.45, 7) is 2.24. The quantitative estimate of drug-likeness (QED) is 0.820. The third kappa shape index (κ3) is 2.55. The van der Waals surface area contributed by atoms with E-state index in [1.807, 2.05) is 0 Å². The zero-order chi connectivity index (χ0) is 11.6. The van der Waals surface area contributed by atoms with Gasteiger partial charge < -0.3 is 5.11 Å². The van der Waals surface area contributed by atoms with Crippen LogP contribution in [0.5, 0.6) is 0 Å². The summed E-state index contributed by atoms with van der Waals surface area (Å²) in [5, 5.41) is 10.1. The Bertz CT molecular complexity index is 251. The molecule has 0 bridgehead atoms. The van der Waals surface area contributed by atoms with E-state index in [9.17, 15) is 9.90 Å². The Kier molecular flexibility index (Phi) is 3.83. The molecule has 0 aliphatic heterocycles. The lowest BCUT2D eigenvalue weighted by Crippen LogP contribution is -2.40. The average molecular weight is 242 g/mol. The van der Waals surface area contributed by atoms with Crippen molar-refractivity contribution < 1.29 is 9.90 Å². The molecule has 92 valence electrons. The summed E-state index contributed by atoms with van der Waals surface area (Å²) < 4.78 is -0.443. The second-order valence-corrected chi connectivity index (χ2v) is 7.19. The maximum Gasteiger partial charge on any atom is 0.319 e. The molecule has 1 N–H and O–H groups in total. The van der Waals surface area contributed by atoms with Crippen molar-refractivity contribution in [2.75, 3.05) is 0 Å². The highest BCUT2D eigenvalue weighted by Crippen LogP contribution is 2.47. The lowest BCUT2D eigenvalue weighted by molar-refractivity contribution is -0.141. The van der Waals surface area contributed by atoms with Crippen LogP contribution in [0.4, 0.5) is 0 Å². The highest BCUT2D eigenvalue weighted by atomic mass is 32.2. The van der Waals surface area contributed by atoms with Gasteiger partial charge in [-0.3, -0.25) is 4.79 Å². The van der Waals surface area contributed by atoms with Gasteiger partial charge >= 0.3 is 5.97 Å². The van der Waals surface area contributed by atoms with Crippen LogP contribution >= 0.6 is 11.8 Å². The van der Waals surface area contributed by atoms with Crippen molar-refractivity contribution in [2.24, 2.45) is 5.92 Å². The topological polar surface area (TPSA) is 37.3 Å². The summed E-state index contributed by atoms with van der Waals surface area (Å²) in [6, 6.07) is 0. The molecule has 0 aromatic heterocycles. The molecule has 3 heteroatoms. The van der Waals surface area contributed by atoms with Gasteiger partial charge in [-0.25, -0.2) is 0 Å². The van der Waals surface area contributed by atoms with E-state index in [-0.39, 0.29) is 0 Å². The van der Waals surface area contributed by atoms with Gasteiger partial charge in [0.2, 0.25) is 0 Å². The molecule has 0 saturated heterocycles. The first-order valence-corrected chi connectivity index (χ1v) is 7.41. The van der Waals surface area contributed by atoms with Gasteiger partial charge in [0.25, 0.3) is 0 Å². The normalized spacial score (nSPS) is 36.4. The first-order valence-electron chi connectivity index (χ1n) is 6.54. The average Bonchev–Trinajstić information content (AvgIpc) is 2.74. The molecule has 2 aliphatic carbocycles. The minimum absolute atomic E-state index is 0.443. The third-order valence-corrected chi connectivity index (χ3v) is 6.00. The molecule has 2 nitrogen and oxygen atoms in total. The number of thioether (sulfide) groups is 1. The van der Waals surface area contributed by atoms with Crippen molar-refractivity contribution >= 4 is 17.7 Å². The van der Waals surface area contributed by atoms with Gasteiger partial charge in [-0.2, -0.15) is 0 Å². The smallest absolute Gasteiger partial charge is 0.319 e. The minimum Gasteiger partial charge on any atom is -0.480 e. The van der Waals surface area contributed by atoms with Gasteiger partial charge in [0.05, 0.1) is 0 Å². The summed E-state index contributed by atoms with van der Waals surface area (Å²) in [5.74, 6) is 0.160. The second kappa shape index (κ2) is 4.99. The Morgan fingerprint density at radius 2 is 1.75 bits per heavy atom. The molecule has 0 atom stereocenters. The van der Waals surface area contributed by atoms with Crippen molar-refractivity contribution in [2.45, 2.75) is 68.3 Å². The second-order valence-electron chi connectivity index (χ2n) is 5.51. The monoisotopic (exact) mass is 242 g/mol. The number of aliphatic carboxylic acids is 1. The Balaban J connectivity index is 2.00. The summed E-state index contributed by atoms with van der Waals surface area (Å²) in [7, 11) is 0. The highest BCUT2D eigenvalue weighted by Gasteiger charge is 2.43. The highest BCUT2D eigenvalue weighted by molar-refractivity contribution is 8.02. The predicted octanol–water partition coefficient (Wildman–Crippen LogP) is 3.70. The molecule has 0 heterocycles. The Hall–Kier alpha value is -0.180. The summed E-state index contributed by atoms with van der Waals surface area (Å²) in [4.78, 5) is 11.5. The fraction of sp³-hybridized carbons (Fsp3) is 0.923. The van der Waals surface area contributed by atoms with E-state index in [4.69, 9.17) is 0 Å². The van der Waals surface area contributed by atoms with E-state index in [1.165, 1.54) is 25.7 Å². The zero-order valence-corrected chi connectivity index (χ0v) is 10.9. The maximum absolute atomic E-state index is 11.5. The van der Waals surface area contributed by atoms with E-state index in [0.717, 1.165) is 31.6 Å². The fourth-order valence-electron chi connectivity index (χ4n) is 2.94. The molecule has 0 radical (unpaired) electrons. The van der Waals surface area contributed by atoms with Gasteiger partial charge in [-0.15, -0.1) is 11.8 Å². The van der Waals surface area contributed by atoms with Gasteiger partial charge in [-0.05, 0) is 44.4 Å². The molecule has 0 spiro atoms. The SMILES string of the molecule is CC1CCC(SC2CCCC2)(C(=O)O)CC1. The van der Waals surface area contributed by atoms with Gasteiger partial charge in [-0.1, -0.05) is 19.8 Å². The minimum atomic E-state index is -0.559. The maximum atomic E-state index is 11.5. The van der Waals surface area contributed by atoms with E-state index < -0.39 is 10.7 Å². The summed E-state index contributed by atoms with van der Waals surface area (Å²) >= 11 is 1.79. The summed E-state index contributed by atoms with van der Waals surface area (Å²) in [6.07, 6.45) is 8.99. The van der Waals surface area contributed by atoms with E-state index in [0.29, 0.717) is 5.25 Å². The first kappa shape index (κ1) is 12.3. The number of rotatable bonds is 3. The number of hydrogen-bond acceptors (Lipinski definition) is 2. The molecule has 0 unspecified atom stereocenters. The van der Waals surface area contributed by atoms with Crippen LogP contribution in [-0.4, -0.2) is 21.1 Å². The number of carboxylic acids is 1. The van der Waals surface area contributed by atoms with Crippen LogP contribution < -0.4 is 0 Å². The van der Waals surface area contributed by atoms with Crippen LogP contribution in [0.25, 0.3) is 0 Å². The molecule has 0 amide bonds. The Morgan fingerprint density at radius 1 is 1.19 bits per heavy atom. The van der Waals surface area contributed by atoms with Crippen LogP contribution in [0, 0.1) is 5.92 Å². The third-order valence-electron chi connectivity index (χ3n) is 4.17. The van der Waals surface area contributed by atoms with Crippen molar-refractivity contribution in [3.8, 4) is 0 Å². The van der Waals surface area contributed by atoms with Crippen molar-refractivity contribution in [1.29, 1.82) is 0 Å². The molecule has 2 fully saturated rings. The van der Waals surface area contributed by atoms with E-state index >= 15 is 0 Å². The number of carbonyl (C=O) groups is 1. The van der Waals surface area contributed by atoms with Gasteiger partial charge in [0.1, 0.15) is 4.75 Å². The van der Waals surface area contributed by atoms with Crippen LogP contribution in [0.3, 0.4) is 0 Å². The lowest BCUT2D eigenvalue weighted by atomic mass is 9.82. The first-order chi connectivity index (χ1) is 7.62. The molecule has 0 aromatic carbocycles. The van der Waals surface area contributed by atoms with Crippen molar-refractivity contribution in [3.63, 3.8) is 0 Å². The molecule has 0 aromatic rings. The van der Waals surface area contributed by atoms with Gasteiger partial charge in [0, 0.05) is 5.25 Å². The van der Waals surface area contributed by atoms with Crippen LogP contribution in [0.2, 0.25) is 0 Å². The Morgan fingerprint density at radius 3 is 2.25 bits per heavy atom. The van der Waals surface area contributed by atoms with Gasteiger partial charge in [0.15, 0.2) is 0 Å².